The van der Waals surface area contributed by atoms with Gasteiger partial charge in [0.05, 0.1) is 5.69 Å². The van der Waals surface area contributed by atoms with E-state index in [1.165, 1.54) is 40.8 Å². The molecule has 2 heteroatoms. The molecule has 0 atom stereocenters. The molecule has 2 aliphatic carbocycles. The van der Waals surface area contributed by atoms with Crippen molar-refractivity contribution in [3.8, 4) is 11.1 Å². The van der Waals surface area contributed by atoms with Crippen LogP contribution in [0.1, 0.15) is 24.0 Å². The van der Waals surface area contributed by atoms with E-state index >= 15 is 0 Å². The third-order valence-electron chi connectivity index (χ3n) is 4.04. The standard InChI is InChI=1S/C16H16N2/c17-18(12-8-9-12)16-7-3-6-14-13-5-2-1-4-11(13)10-15(14)16/h1-7,12H,8-10,17H2. The van der Waals surface area contributed by atoms with Crippen LogP contribution in [0.15, 0.2) is 42.5 Å². The molecule has 0 radical (unpaired) electrons. The maximum absolute atomic E-state index is 6.24. The van der Waals surface area contributed by atoms with E-state index in [4.69, 9.17) is 5.84 Å². The van der Waals surface area contributed by atoms with Crippen LogP contribution in [-0.2, 0) is 6.42 Å². The summed E-state index contributed by atoms with van der Waals surface area (Å²) in [6, 6.07) is 15.7. The largest absolute Gasteiger partial charge is 0.308 e. The molecule has 2 N–H and O–H groups in total. The highest BCUT2D eigenvalue weighted by molar-refractivity contribution is 5.82. The number of rotatable bonds is 2. The van der Waals surface area contributed by atoms with Gasteiger partial charge in [0.2, 0.25) is 0 Å². The number of hydrazine groups is 1. The van der Waals surface area contributed by atoms with E-state index < -0.39 is 0 Å². The van der Waals surface area contributed by atoms with Gasteiger partial charge in [-0.15, -0.1) is 0 Å². The summed E-state index contributed by atoms with van der Waals surface area (Å²) in [4.78, 5) is 0. The number of hydrogen-bond acceptors (Lipinski definition) is 2. The number of hydrogen-bond donors (Lipinski definition) is 1. The van der Waals surface area contributed by atoms with Crippen LogP contribution in [0.5, 0.6) is 0 Å². The maximum Gasteiger partial charge on any atom is 0.0562 e. The Kier molecular flexibility index (Phi) is 2.03. The van der Waals surface area contributed by atoms with Gasteiger partial charge in [0, 0.05) is 12.5 Å². The summed E-state index contributed by atoms with van der Waals surface area (Å²) < 4.78 is 0. The van der Waals surface area contributed by atoms with Crippen molar-refractivity contribution in [3.05, 3.63) is 53.6 Å². The molecule has 2 aromatic carbocycles. The van der Waals surface area contributed by atoms with E-state index in [1.807, 2.05) is 5.01 Å². The molecule has 0 bridgehead atoms. The van der Waals surface area contributed by atoms with Crippen molar-refractivity contribution in [2.24, 2.45) is 5.84 Å². The summed E-state index contributed by atoms with van der Waals surface area (Å²) in [6.45, 7) is 0. The minimum atomic E-state index is 0.556. The topological polar surface area (TPSA) is 29.3 Å². The van der Waals surface area contributed by atoms with Gasteiger partial charge in [-0.3, -0.25) is 0 Å². The Bertz CT molecular complexity index is 614. The predicted molar refractivity (Wildman–Crippen MR) is 74.4 cm³/mol. The third kappa shape index (κ3) is 1.39. The van der Waals surface area contributed by atoms with Gasteiger partial charge >= 0.3 is 0 Å². The number of nitrogens with zero attached hydrogens (tertiary/aromatic N) is 1. The van der Waals surface area contributed by atoms with Crippen LogP contribution < -0.4 is 10.9 Å². The summed E-state index contributed by atoms with van der Waals surface area (Å²) in [5.74, 6) is 6.24. The summed E-state index contributed by atoms with van der Waals surface area (Å²) >= 11 is 0. The van der Waals surface area contributed by atoms with Crippen LogP contribution in [0.2, 0.25) is 0 Å². The van der Waals surface area contributed by atoms with Crippen molar-refractivity contribution in [1.29, 1.82) is 0 Å². The number of benzene rings is 2. The smallest absolute Gasteiger partial charge is 0.0562 e. The third-order valence-corrected chi connectivity index (χ3v) is 4.04. The molecule has 0 spiro atoms. The van der Waals surface area contributed by atoms with Crippen LogP contribution in [0.4, 0.5) is 5.69 Å². The summed E-state index contributed by atoms with van der Waals surface area (Å²) in [6.07, 6.45) is 3.47. The average molecular weight is 236 g/mol. The van der Waals surface area contributed by atoms with Crippen LogP contribution >= 0.6 is 0 Å². The van der Waals surface area contributed by atoms with E-state index in [9.17, 15) is 0 Å². The van der Waals surface area contributed by atoms with Crippen LogP contribution in [0, 0.1) is 0 Å². The van der Waals surface area contributed by atoms with Gasteiger partial charge in [-0.1, -0.05) is 36.4 Å². The molecule has 1 fully saturated rings. The zero-order chi connectivity index (χ0) is 12.1. The second-order valence-electron chi connectivity index (χ2n) is 5.28. The van der Waals surface area contributed by atoms with Gasteiger partial charge in [-0.25, -0.2) is 5.84 Å². The average Bonchev–Trinajstić information content (AvgIpc) is 3.18. The molecule has 1 saturated carbocycles. The Morgan fingerprint density at radius 3 is 2.56 bits per heavy atom. The molecule has 2 aliphatic rings. The number of fused-ring (bicyclic) bond motifs is 3. The fourth-order valence-electron chi connectivity index (χ4n) is 2.93. The lowest BCUT2D eigenvalue weighted by Gasteiger charge is -2.21. The molecule has 0 aromatic heterocycles. The Hall–Kier alpha value is -1.80. The molecule has 90 valence electrons. The van der Waals surface area contributed by atoms with Crippen molar-refractivity contribution < 1.29 is 0 Å². The minimum absolute atomic E-state index is 0.556. The molecule has 0 saturated heterocycles. The molecular formula is C16H16N2. The number of nitrogens with two attached hydrogens (primary N) is 1. The van der Waals surface area contributed by atoms with Gasteiger partial charge in [0.25, 0.3) is 0 Å². The van der Waals surface area contributed by atoms with Crippen LogP contribution in [0.25, 0.3) is 11.1 Å². The molecule has 18 heavy (non-hydrogen) atoms. The van der Waals surface area contributed by atoms with Gasteiger partial charge in [0.1, 0.15) is 0 Å². The zero-order valence-corrected chi connectivity index (χ0v) is 10.3. The molecule has 2 aromatic rings. The fourth-order valence-corrected chi connectivity index (χ4v) is 2.93. The first kappa shape index (κ1) is 10.2. The first-order chi connectivity index (χ1) is 8.84. The van der Waals surface area contributed by atoms with Gasteiger partial charge in [-0.05, 0) is 41.2 Å². The van der Waals surface area contributed by atoms with E-state index in [0.29, 0.717) is 6.04 Å². The molecule has 0 heterocycles. The molecule has 4 rings (SSSR count). The van der Waals surface area contributed by atoms with E-state index in [-0.39, 0.29) is 0 Å². The van der Waals surface area contributed by atoms with Crippen molar-refractivity contribution in [2.75, 3.05) is 5.01 Å². The molecular weight excluding hydrogens is 220 g/mol. The Labute approximate surface area is 107 Å². The highest BCUT2D eigenvalue weighted by Crippen LogP contribution is 2.42. The van der Waals surface area contributed by atoms with E-state index in [0.717, 1.165) is 6.42 Å². The van der Waals surface area contributed by atoms with Crippen molar-refractivity contribution in [3.63, 3.8) is 0 Å². The lowest BCUT2D eigenvalue weighted by Crippen LogP contribution is -2.33. The second kappa shape index (κ2) is 3.59. The van der Waals surface area contributed by atoms with E-state index in [1.54, 1.807) is 0 Å². The molecule has 0 amide bonds. The second-order valence-corrected chi connectivity index (χ2v) is 5.28. The predicted octanol–water partition coefficient (Wildman–Crippen LogP) is 3.10. The molecule has 2 nitrogen and oxygen atoms in total. The highest BCUT2D eigenvalue weighted by Gasteiger charge is 2.30. The normalized spacial score (nSPS) is 16.3. The highest BCUT2D eigenvalue weighted by atomic mass is 15.4. The maximum atomic E-state index is 6.24. The van der Waals surface area contributed by atoms with Crippen LogP contribution in [0.3, 0.4) is 0 Å². The van der Waals surface area contributed by atoms with Crippen molar-refractivity contribution in [1.82, 2.24) is 0 Å². The van der Waals surface area contributed by atoms with Crippen LogP contribution in [-0.4, -0.2) is 6.04 Å². The summed E-state index contributed by atoms with van der Waals surface area (Å²) in [5.41, 5.74) is 6.76. The first-order valence-electron chi connectivity index (χ1n) is 6.58. The SMILES string of the molecule is NN(c1cccc2c1Cc1ccccc1-2)C1CC1. The van der Waals surface area contributed by atoms with Gasteiger partial charge in [0.15, 0.2) is 0 Å². The zero-order valence-electron chi connectivity index (χ0n) is 10.3. The van der Waals surface area contributed by atoms with Gasteiger partial charge < -0.3 is 5.01 Å². The number of anilines is 1. The molecule has 0 aliphatic heterocycles. The van der Waals surface area contributed by atoms with Gasteiger partial charge in [-0.2, -0.15) is 0 Å². The fraction of sp³-hybridized carbons (Fsp3) is 0.250. The minimum Gasteiger partial charge on any atom is -0.308 e. The van der Waals surface area contributed by atoms with Crippen molar-refractivity contribution >= 4 is 5.69 Å². The summed E-state index contributed by atoms with van der Waals surface area (Å²) in [5, 5.41) is 1.98. The summed E-state index contributed by atoms with van der Waals surface area (Å²) in [7, 11) is 0. The lowest BCUT2D eigenvalue weighted by atomic mass is 10.0. The lowest BCUT2D eigenvalue weighted by molar-refractivity contribution is 0.840. The first-order valence-corrected chi connectivity index (χ1v) is 6.58. The Morgan fingerprint density at radius 2 is 1.72 bits per heavy atom. The van der Waals surface area contributed by atoms with E-state index in [2.05, 4.69) is 42.5 Å². The monoisotopic (exact) mass is 236 g/mol. The quantitative estimate of drug-likeness (QED) is 0.547. The Balaban J connectivity index is 1.86. The Morgan fingerprint density at radius 1 is 0.944 bits per heavy atom. The van der Waals surface area contributed by atoms with Crippen molar-refractivity contribution in [2.45, 2.75) is 25.3 Å². The molecule has 0 unspecified atom stereocenters.